The zero-order chi connectivity index (χ0) is 12.1. The van der Waals surface area contributed by atoms with Gasteiger partial charge in [-0.25, -0.2) is 0 Å². The summed E-state index contributed by atoms with van der Waals surface area (Å²) in [6.45, 7) is 6.03. The SMILES string of the molecule is C#CCC(C)NC(C)c1ccc(C)cc1O. The quantitative estimate of drug-likeness (QED) is 0.760. The minimum absolute atomic E-state index is 0.101. The van der Waals surface area contributed by atoms with Crippen molar-refractivity contribution < 1.29 is 5.11 Å². The molecular weight excluding hydrogens is 198 g/mol. The number of hydrogen-bond acceptors (Lipinski definition) is 2. The summed E-state index contributed by atoms with van der Waals surface area (Å²) in [6, 6.07) is 6.08. The molecule has 1 aromatic rings. The average molecular weight is 217 g/mol. The fourth-order valence-corrected chi connectivity index (χ4v) is 1.77. The van der Waals surface area contributed by atoms with Crippen molar-refractivity contribution in [2.75, 3.05) is 0 Å². The molecule has 0 saturated heterocycles. The van der Waals surface area contributed by atoms with Gasteiger partial charge in [0.15, 0.2) is 0 Å². The van der Waals surface area contributed by atoms with Gasteiger partial charge in [0.25, 0.3) is 0 Å². The highest BCUT2D eigenvalue weighted by molar-refractivity contribution is 5.37. The molecule has 2 atom stereocenters. The zero-order valence-electron chi connectivity index (χ0n) is 10.1. The third-order valence-electron chi connectivity index (χ3n) is 2.61. The third-order valence-corrected chi connectivity index (χ3v) is 2.61. The molecule has 2 N–H and O–H groups in total. The van der Waals surface area contributed by atoms with Crippen LogP contribution in [-0.2, 0) is 0 Å². The number of phenols is 1. The summed E-state index contributed by atoms with van der Waals surface area (Å²) >= 11 is 0. The van der Waals surface area contributed by atoms with Gasteiger partial charge in [-0.3, -0.25) is 0 Å². The number of rotatable bonds is 4. The van der Waals surface area contributed by atoms with Crippen molar-refractivity contribution in [1.29, 1.82) is 0 Å². The molecule has 0 heterocycles. The molecule has 1 aromatic carbocycles. The summed E-state index contributed by atoms with van der Waals surface area (Å²) in [5.74, 6) is 2.96. The normalized spacial score (nSPS) is 14.1. The van der Waals surface area contributed by atoms with Crippen LogP contribution in [0.2, 0.25) is 0 Å². The fourth-order valence-electron chi connectivity index (χ4n) is 1.77. The average Bonchev–Trinajstić information content (AvgIpc) is 2.17. The predicted octanol–water partition coefficient (Wildman–Crippen LogP) is 2.76. The summed E-state index contributed by atoms with van der Waals surface area (Å²) in [5.41, 5.74) is 1.97. The highest BCUT2D eigenvalue weighted by Crippen LogP contribution is 2.25. The molecule has 0 aliphatic rings. The Kier molecular flexibility index (Phi) is 4.39. The molecule has 2 unspecified atom stereocenters. The van der Waals surface area contributed by atoms with Gasteiger partial charge in [0.1, 0.15) is 5.75 Å². The van der Waals surface area contributed by atoms with E-state index in [-0.39, 0.29) is 12.1 Å². The molecule has 1 rings (SSSR count). The first-order valence-electron chi connectivity index (χ1n) is 5.53. The van der Waals surface area contributed by atoms with Crippen LogP contribution in [-0.4, -0.2) is 11.1 Å². The van der Waals surface area contributed by atoms with Gasteiger partial charge in [-0.2, -0.15) is 0 Å². The van der Waals surface area contributed by atoms with Crippen molar-refractivity contribution >= 4 is 0 Å². The van der Waals surface area contributed by atoms with Gasteiger partial charge < -0.3 is 10.4 Å². The molecule has 2 heteroatoms. The monoisotopic (exact) mass is 217 g/mol. The Morgan fingerprint density at radius 3 is 2.69 bits per heavy atom. The lowest BCUT2D eigenvalue weighted by atomic mass is 10.0. The molecule has 0 spiro atoms. The Morgan fingerprint density at radius 1 is 1.44 bits per heavy atom. The molecule has 0 bridgehead atoms. The second-order valence-corrected chi connectivity index (χ2v) is 4.26. The van der Waals surface area contributed by atoms with Gasteiger partial charge in [0, 0.05) is 24.1 Å². The lowest BCUT2D eigenvalue weighted by Crippen LogP contribution is -2.28. The van der Waals surface area contributed by atoms with E-state index >= 15 is 0 Å². The van der Waals surface area contributed by atoms with Gasteiger partial charge in [-0.05, 0) is 32.4 Å². The van der Waals surface area contributed by atoms with Gasteiger partial charge in [0.05, 0.1) is 0 Å². The predicted molar refractivity (Wildman–Crippen MR) is 67.3 cm³/mol. The van der Waals surface area contributed by atoms with Crippen LogP contribution in [0.1, 0.15) is 37.4 Å². The van der Waals surface area contributed by atoms with Crippen molar-refractivity contribution in [2.24, 2.45) is 0 Å². The Morgan fingerprint density at radius 2 is 2.12 bits per heavy atom. The molecule has 0 radical (unpaired) electrons. The van der Waals surface area contributed by atoms with Crippen molar-refractivity contribution in [3.8, 4) is 18.1 Å². The molecule has 0 amide bonds. The van der Waals surface area contributed by atoms with Crippen LogP contribution in [0.15, 0.2) is 18.2 Å². The van der Waals surface area contributed by atoms with E-state index in [4.69, 9.17) is 6.42 Å². The minimum atomic E-state index is 0.101. The second kappa shape index (κ2) is 5.58. The number of terminal acetylenes is 1. The maximum atomic E-state index is 9.82. The standard InChI is InChI=1S/C14H19NO/c1-5-6-11(3)15-12(4)13-8-7-10(2)9-14(13)16/h1,7-9,11-12,15-16H,6H2,2-4H3. The highest BCUT2D eigenvalue weighted by atomic mass is 16.3. The van der Waals surface area contributed by atoms with E-state index in [1.54, 1.807) is 6.07 Å². The number of phenolic OH excluding ortho intramolecular Hbond substituents is 1. The van der Waals surface area contributed by atoms with Crippen molar-refractivity contribution in [3.05, 3.63) is 29.3 Å². The van der Waals surface area contributed by atoms with Crippen molar-refractivity contribution in [1.82, 2.24) is 5.32 Å². The maximum absolute atomic E-state index is 9.82. The number of aromatic hydroxyl groups is 1. The first kappa shape index (κ1) is 12.6. The number of hydrogen-bond donors (Lipinski definition) is 2. The zero-order valence-corrected chi connectivity index (χ0v) is 10.1. The van der Waals surface area contributed by atoms with Crippen LogP contribution in [0.3, 0.4) is 0 Å². The Bertz CT molecular complexity index is 392. The fraction of sp³-hybridized carbons (Fsp3) is 0.429. The van der Waals surface area contributed by atoms with Crippen LogP contribution in [0, 0.1) is 19.3 Å². The van der Waals surface area contributed by atoms with E-state index in [2.05, 4.69) is 11.2 Å². The third kappa shape index (κ3) is 3.29. The van der Waals surface area contributed by atoms with Crippen molar-refractivity contribution in [3.63, 3.8) is 0 Å². The second-order valence-electron chi connectivity index (χ2n) is 4.26. The molecule has 16 heavy (non-hydrogen) atoms. The van der Waals surface area contributed by atoms with Gasteiger partial charge >= 0.3 is 0 Å². The topological polar surface area (TPSA) is 32.3 Å². The van der Waals surface area contributed by atoms with E-state index in [9.17, 15) is 5.11 Å². The Balaban J connectivity index is 2.73. The molecule has 86 valence electrons. The largest absolute Gasteiger partial charge is 0.508 e. The molecule has 0 aliphatic heterocycles. The van der Waals surface area contributed by atoms with Crippen LogP contribution in [0.5, 0.6) is 5.75 Å². The van der Waals surface area contributed by atoms with E-state index in [0.717, 1.165) is 11.1 Å². The lowest BCUT2D eigenvalue weighted by Gasteiger charge is -2.19. The van der Waals surface area contributed by atoms with E-state index in [1.807, 2.05) is 32.9 Å². The molecular formula is C14H19NO. The maximum Gasteiger partial charge on any atom is 0.120 e. The molecule has 0 saturated carbocycles. The van der Waals surface area contributed by atoms with Crippen LogP contribution >= 0.6 is 0 Å². The Labute approximate surface area is 97.7 Å². The van der Waals surface area contributed by atoms with Gasteiger partial charge in [-0.1, -0.05) is 12.1 Å². The first-order chi connectivity index (χ1) is 7.54. The molecule has 0 fully saturated rings. The van der Waals surface area contributed by atoms with Crippen LogP contribution < -0.4 is 5.32 Å². The lowest BCUT2D eigenvalue weighted by molar-refractivity contribution is 0.436. The number of benzene rings is 1. The molecule has 0 aromatic heterocycles. The van der Waals surface area contributed by atoms with E-state index < -0.39 is 0 Å². The summed E-state index contributed by atoms with van der Waals surface area (Å²) in [5, 5.41) is 13.2. The van der Waals surface area contributed by atoms with E-state index in [1.165, 1.54) is 0 Å². The molecule has 2 nitrogen and oxygen atoms in total. The first-order valence-corrected chi connectivity index (χ1v) is 5.53. The van der Waals surface area contributed by atoms with Gasteiger partial charge in [0.2, 0.25) is 0 Å². The highest BCUT2D eigenvalue weighted by Gasteiger charge is 2.12. The summed E-state index contributed by atoms with van der Waals surface area (Å²) in [7, 11) is 0. The molecule has 0 aliphatic carbocycles. The van der Waals surface area contributed by atoms with Crippen LogP contribution in [0.25, 0.3) is 0 Å². The number of nitrogens with one attached hydrogen (secondary N) is 1. The van der Waals surface area contributed by atoms with Crippen LogP contribution in [0.4, 0.5) is 0 Å². The Hall–Kier alpha value is -1.46. The van der Waals surface area contributed by atoms with Crippen molar-refractivity contribution in [2.45, 2.75) is 39.3 Å². The number of aryl methyl sites for hydroxylation is 1. The smallest absolute Gasteiger partial charge is 0.120 e. The minimum Gasteiger partial charge on any atom is -0.508 e. The summed E-state index contributed by atoms with van der Waals surface area (Å²) in [4.78, 5) is 0. The summed E-state index contributed by atoms with van der Waals surface area (Å²) in [6.07, 6.45) is 5.95. The van der Waals surface area contributed by atoms with Gasteiger partial charge in [-0.15, -0.1) is 12.3 Å². The summed E-state index contributed by atoms with van der Waals surface area (Å²) < 4.78 is 0. The van der Waals surface area contributed by atoms with E-state index in [0.29, 0.717) is 12.2 Å².